The fraction of sp³-hybridized carbons (Fsp3) is 0.667. The zero-order chi connectivity index (χ0) is 12.1. The Morgan fingerprint density at radius 2 is 2.00 bits per heavy atom. The van der Waals surface area contributed by atoms with Gasteiger partial charge in [-0.05, 0) is 6.92 Å². The van der Waals surface area contributed by atoms with Gasteiger partial charge < -0.3 is 15.7 Å². The van der Waals surface area contributed by atoms with E-state index in [0.717, 1.165) is 0 Å². The minimum absolute atomic E-state index is 0.170. The second kappa shape index (κ2) is 5.51. The summed E-state index contributed by atoms with van der Waals surface area (Å²) in [6.07, 6.45) is 0. The quantitative estimate of drug-likeness (QED) is 0.441. The van der Waals surface area contributed by atoms with Crippen LogP contribution in [-0.4, -0.2) is 43.9 Å². The number of carbonyl (C=O) groups is 2. The Morgan fingerprint density at radius 1 is 1.47 bits per heavy atom. The Hall–Kier alpha value is -1.35. The van der Waals surface area contributed by atoms with Crippen molar-refractivity contribution in [1.82, 2.24) is 10.6 Å². The molecule has 0 aliphatic rings. The van der Waals surface area contributed by atoms with Crippen molar-refractivity contribution >= 4 is 22.0 Å². The molecule has 8 nitrogen and oxygen atoms in total. The number of urea groups is 1. The van der Waals surface area contributed by atoms with Crippen LogP contribution in [0.1, 0.15) is 6.92 Å². The van der Waals surface area contributed by atoms with E-state index in [-0.39, 0.29) is 6.54 Å². The number of nitrogens with two attached hydrogens (primary N) is 1. The van der Waals surface area contributed by atoms with Crippen LogP contribution in [0.5, 0.6) is 0 Å². The van der Waals surface area contributed by atoms with Gasteiger partial charge in [-0.25, -0.2) is 18.4 Å². The van der Waals surface area contributed by atoms with Crippen LogP contribution in [0.25, 0.3) is 0 Å². The van der Waals surface area contributed by atoms with Crippen LogP contribution >= 0.6 is 0 Å². The van der Waals surface area contributed by atoms with Crippen LogP contribution < -0.4 is 15.8 Å². The molecular formula is C6H13N3O5S. The zero-order valence-corrected chi connectivity index (χ0v) is 8.87. The topological polar surface area (TPSA) is 139 Å². The normalized spacial score (nSPS) is 12.9. The van der Waals surface area contributed by atoms with Gasteiger partial charge >= 0.3 is 12.0 Å². The second-order valence-electron chi connectivity index (χ2n) is 2.83. The molecule has 0 radical (unpaired) electrons. The first-order valence-electron chi connectivity index (χ1n) is 4.00. The fourth-order valence-corrected chi connectivity index (χ4v) is 1.00. The Labute approximate surface area is 86.9 Å². The molecule has 0 rings (SSSR count). The highest BCUT2D eigenvalue weighted by Crippen LogP contribution is 1.81. The van der Waals surface area contributed by atoms with Crippen LogP contribution in [0.15, 0.2) is 0 Å². The molecule has 0 unspecified atom stereocenters. The average molecular weight is 239 g/mol. The first kappa shape index (κ1) is 13.7. The monoisotopic (exact) mass is 239 g/mol. The SMILES string of the molecule is C[C@H](NC(=O)NCCS(N)(=O)=O)C(=O)O. The fourth-order valence-electron chi connectivity index (χ4n) is 0.616. The Balaban J connectivity index is 3.82. The van der Waals surface area contributed by atoms with Crippen molar-refractivity contribution < 1.29 is 23.1 Å². The van der Waals surface area contributed by atoms with E-state index in [0.29, 0.717) is 0 Å². The van der Waals surface area contributed by atoms with Gasteiger partial charge in [-0.15, -0.1) is 0 Å². The van der Waals surface area contributed by atoms with Gasteiger partial charge in [0.1, 0.15) is 6.04 Å². The summed E-state index contributed by atoms with van der Waals surface area (Å²) in [6.45, 7) is 1.11. The molecular weight excluding hydrogens is 226 g/mol. The maximum atomic E-state index is 10.9. The lowest BCUT2D eigenvalue weighted by Crippen LogP contribution is -2.45. The molecule has 88 valence electrons. The van der Waals surface area contributed by atoms with E-state index < -0.39 is 33.8 Å². The summed E-state index contributed by atoms with van der Waals surface area (Å²) in [5.74, 6) is -1.58. The largest absolute Gasteiger partial charge is 0.480 e. The summed E-state index contributed by atoms with van der Waals surface area (Å²) in [5.41, 5.74) is 0. The molecule has 0 spiro atoms. The van der Waals surface area contributed by atoms with E-state index in [4.69, 9.17) is 5.11 Å². The van der Waals surface area contributed by atoms with Crippen molar-refractivity contribution in [2.75, 3.05) is 12.3 Å². The van der Waals surface area contributed by atoms with Gasteiger partial charge in [0.25, 0.3) is 0 Å². The van der Waals surface area contributed by atoms with Crippen molar-refractivity contribution in [2.24, 2.45) is 5.14 Å². The standard InChI is InChI=1S/C6H13N3O5S/c1-4(5(10)11)9-6(12)8-2-3-15(7,13)14/h4H,2-3H2,1H3,(H,10,11)(H2,7,13,14)(H2,8,9,12)/t4-/m0/s1. The van der Waals surface area contributed by atoms with E-state index >= 15 is 0 Å². The van der Waals surface area contributed by atoms with E-state index in [1.54, 1.807) is 0 Å². The third-order valence-electron chi connectivity index (χ3n) is 1.39. The molecule has 1 atom stereocenters. The number of rotatable bonds is 5. The molecule has 0 saturated carbocycles. The number of carbonyl (C=O) groups excluding carboxylic acids is 1. The number of carboxylic acids is 1. The van der Waals surface area contributed by atoms with Crippen molar-refractivity contribution in [3.05, 3.63) is 0 Å². The molecule has 5 N–H and O–H groups in total. The summed E-state index contributed by atoms with van der Waals surface area (Å²) in [6, 6.07) is -1.80. The molecule has 0 saturated heterocycles. The molecule has 0 aromatic heterocycles. The maximum absolute atomic E-state index is 10.9. The van der Waals surface area contributed by atoms with Gasteiger partial charge in [-0.3, -0.25) is 4.79 Å². The first-order valence-corrected chi connectivity index (χ1v) is 5.71. The number of aliphatic carboxylic acids is 1. The molecule has 0 aliphatic carbocycles. The van der Waals surface area contributed by atoms with Crippen molar-refractivity contribution in [3.8, 4) is 0 Å². The summed E-state index contributed by atoms with van der Waals surface area (Å²) in [7, 11) is -3.62. The third kappa shape index (κ3) is 7.70. The van der Waals surface area contributed by atoms with Crippen LogP contribution in [0, 0.1) is 0 Å². The highest BCUT2D eigenvalue weighted by molar-refractivity contribution is 7.89. The predicted octanol–water partition coefficient (Wildman–Crippen LogP) is -1.95. The Kier molecular flexibility index (Phi) is 5.02. The van der Waals surface area contributed by atoms with Crippen LogP contribution in [0.3, 0.4) is 0 Å². The minimum Gasteiger partial charge on any atom is -0.480 e. The molecule has 0 bridgehead atoms. The Morgan fingerprint density at radius 3 is 2.40 bits per heavy atom. The van der Waals surface area contributed by atoms with E-state index in [1.807, 2.05) is 0 Å². The highest BCUT2D eigenvalue weighted by Gasteiger charge is 2.13. The van der Waals surface area contributed by atoms with E-state index in [2.05, 4.69) is 15.8 Å². The van der Waals surface area contributed by atoms with E-state index in [1.165, 1.54) is 6.92 Å². The number of carboxylic acid groups (broad SMARTS) is 1. The Bertz CT molecular complexity index is 339. The summed E-state index contributed by atoms with van der Waals surface area (Å²) in [5, 5.41) is 17.3. The predicted molar refractivity (Wildman–Crippen MR) is 51.6 cm³/mol. The van der Waals surface area contributed by atoms with Crippen LogP contribution in [0.2, 0.25) is 0 Å². The van der Waals surface area contributed by atoms with Gasteiger partial charge in [0, 0.05) is 6.54 Å². The number of primary sulfonamides is 1. The first-order chi connectivity index (χ1) is 6.72. The lowest BCUT2D eigenvalue weighted by Gasteiger charge is -2.09. The number of nitrogens with one attached hydrogen (secondary N) is 2. The number of hydrogen-bond acceptors (Lipinski definition) is 4. The molecule has 0 aromatic carbocycles. The zero-order valence-electron chi connectivity index (χ0n) is 8.06. The average Bonchev–Trinajstić information content (AvgIpc) is 2.01. The number of amides is 2. The second-order valence-corrected chi connectivity index (χ2v) is 4.56. The summed E-state index contributed by atoms with van der Waals surface area (Å²) < 4.78 is 20.9. The van der Waals surface area contributed by atoms with Crippen molar-refractivity contribution in [2.45, 2.75) is 13.0 Å². The number of hydrogen-bond donors (Lipinski definition) is 4. The van der Waals surface area contributed by atoms with Crippen LogP contribution in [-0.2, 0) is 14.8 Å². The molecule has 2 amide bonds. The van der Waals surface area contributed by atoms with Gasteiger partial charge in [0.05, 0.1) is 5.75 Å². The maximum Gasteiger partial charge on any atom is 0.325 e. The lowest BCUT2D eigenvalue weighted by atomic mass is 10.3. The number of sulfonamides is 1. The smallest absolute Gasteiger partial charge is 0.325 e. The van der Waals surface area contributed by atoms with E-state index in [9.17, 15) is 18.0 Å². The molecule has 15 heavy (non-hydrogen) atoms. The summed E-state index contributed by atoms with van der Waals surface area (Å²) >= 11 is 0. The lowest BCUT2D eigenvalue weighted by molar-refractivity contribution is -0.138. The van der Waals surface area contributed by atoms with Crippen molar-refractivity contribution in [3.63, 3.8) is 0 Å². The van der Waals surface area contributed by atoms with Crippen LogP contribution in [0.4, 0.5) is 4.79 Å². The highest BCUT2D eigenvalue weighted by atomic mass is 32.2. The summed E-state index contributed by atoms with van der Waals surface area (Å²) in [4.78, 5) is 21.2. The molecule has 0 heterocycles. The molecule has 0 aromatic rings. The molecule has 0 fully saturated rings. The molecule has 9 heteroatoms. The molecule has 0 aliphatic heterocycles. The van der Waals surface area contributed by atoms with Gasteiger partial charge in [0.15, 0.2) is 0 Å². The minimum atomic E-state index is -3.62. The van der Waals surface area contributed by atoms with Crippen molar-refractivity contribution in [1.29, 1.82) is 0 Å². The van der Waals surface area contributed by atoms with Gasteiger partial charge in [0.2, 0.25) is 10.0 Å². The van der Waals surface area contributed by atoms with Gasteiger partial charge in [-0.2, -0.15) is 0 Å². The van der Waals surface area contributed by atoms with Gasteiger partial charge in [-0.1, -0.05) is 0 Å². The third-order valence-corrected chi connectivity index (χ3v) is 2.16.